The van der Waals surface area contributed by atoms with Gasteiger partial charge in [0.05, 0.1) is 0 Å². The molecule has 1 heterocycles. The summed E-state index contributed by atoms with van der Waals surface area (Å²) in [6.45, 7) is 4.04. The highest BCUT2D eigenvalue weighted by Crippen LogP contribution is 1.91. The van der Waals surface area contributed by atoms with Gasteiger partial charge in [0.25, 0.3) is 0 Å². The summed E-state index contributed by atoms with van der Waals surface area (Å²) >= 11 is 0. The molecular formula is C7H12N2O. The van der Waals surface area contributed by atoms with E-state index in [0.29, 0.717) is 0 Å². The first-order valence-electron chi connectivity index (χ1n) is 3.50. The van der Waals surface area contributed by atoms with Crippen LogP contribution < -0.4 is 5.32 Å². The van der Waals surface area contributed by atoms with Gasteiger partial charge >= 0.3 is 0 Å². The fourth-order valence-electron chi connectivity index (χ4n) is 0.988. The number of rotatable bonds is 2. The first-order valence-corrected chi connectivity index (χ1v) is 3.50. The molecule has 1 rings (SSSR count). The number of piperazine rings is 1. The van der Waals surface area contributed by atoms with Gasteiger partial charge in [-0.2, -0.15) is 0 Å². The molecule has 0 unspecified atom stereocenters. The lowest BCUT2D eigenvalue weighted by atomic mass is 10.4. The van der Waals surface area contributed by atoms with Crippen LogP contribution in [-0.4, -0.2) is 37.4 Å². The smallest absolute Gasteiger partial charge is 0.144 e. The van der Waals surface area contributed by atoms with Gasteiger partial charge in [-0.1, -0.05) is 0 Å². The normalized spacial score (nSPS) is 19.8. The molecule has 0 saturated carbocycles. The molecular weight excluding hydrogens is 128 g/mol. The van der Waals surface area contributed by atoms with Crippen LogP contribution in [0.3, 0.4) is 0 Å². The molecule has 1 N–H and O–H groups in total. The minimum Gasteiger partial charge on any atom is -0.375 e. The lowest BCUT2D eigenvalue weighted by molar-refractivity contribution is -0.104. The standard InChI is InChI=1S/C7H12N2O/c10-7-1-4-9-5-2-8-3-6-9/h1,4,7-8H,2-3,5-6H2. The number of nitrogens with zero attached hydrogens (tertiary/aromatic N) is 1. The van der Waals surface area contributed by atoms with Gasteiger partial charge in [-0.05, 0) is 6.08 Å². The monoisotopic (exact) mass is 140 g/mol. The summed E-state index contributed by atoms with van der Waals surface area (Å²) < 4.78 is 0. The summed E-state index contributed by atoms with van der Waals surface area (Å²) in [5.74, 6) is 0. The van der Waals surface area contributed by atoms with Crippen molar-refractivity contribution in [2.45, 2.75) is 0 Å². The van der Waals surface area contributed by atoms with E-state index in [9.17, 15) is 4.79 Å². The molecule has 1 saturated heterocycles. The van der Waals surface area contributed by atoms with E-state index in [-0.39, 0.29) is 0 Å². The number of allylic oxidation sites excluding steroid dienone is 1. The minimum atomic E-state index is 0.808. The number of carbonyl (C=O) groups is 1. The van der Waals surface area contributed by atoms with E-state index in [1.807, 2.05) is 6.20 Å². The fraction of sp³-hybridized carbons (Fsp3) is 0.571. The lowest BCUT2D eigenvalue weighted by Gasteiger charge is -2.25. The molecule has 0 radical (unpaired) electrons. The van der Waals surface area contributed by atoms with Gasteiger partial charge in [-0.25, -0.2) is 0 Å². The first kappa shape index (κ1) is 7.28. The van der Waals surface area contributed by atoms with Crippen LogP contribution in [0.15, 0.2) is 12.3 Å². The Balaban J connectivity index is 2.25. The fourth-order valence-corrected chi connectivity index (χ4v) is 0.988. The van der Waals surface area contributed by atoms with E-state index < -0.39 is 0 Å². The van der Waals surface area contributed by atoms with Crippen LogP contribution in [0.1, 0.15) is 0 Å². The maximum absolute atomic E-state index is 9.92. The molecule has 3 nitrogen and oxygen atoms in total. The second-order valence-corrected chi connectivity index (χ2v) is 2.26. The summed E-state index contributed by atoms with van der Waals surface area (Å²) in [5.41, 5.74) is 0. The second kappa shape index (κ2) is 4.06. The Morgan fingerprint density at radius 1 is 1.30 bits per heavy atom. The highest BCUT2D eigenvalue weighted by molar-refractivity contribution is 5.64. The van der Waals surface area contributed by atoms with Crippen LogP contribution in [0, 0.1) is 0 Å². The van der Waals surface area contributed by atoms with Gasteiger partial charge in [0.15, 0.2) is 0 Å². The number of hydrogen-bond donors (Lipinski definition) is 1. The van der Waals surface area contributed by atoms with Crippen LogP contribution in [0.4, 0.5) is 0 Å². The zero-order chi connectivity index (χ0) is 7.23. The third-order valence-electron chi connectivity index (χ3n) is 1.53. The lowest BCUT2D eigenvalue weighted by Crippen LogP contribution is -2.40. The van der Waals surface area contributed by atoms with Crippen molar-refractivity contribution in [3.63, 3.8) is 0 Å². The summed E-state index contributed by atoms with van der Waals surface area (Å²) in [5, 5.41) is 3.23. The molecule has 0 aromatic carbocycles. The van der Waals surface area contributed by atoms with Crippen molar-refractivity contribution in [2.75, 3.05) is 26.2 Å². The average Bonchev–Trinajstić information content (AvgIpc) is 2.03. The van der Waals surface area contributed by atoms with E-state index in [1.54, 1.807) is 0 Å². The van der Waals surface area contributed by atoms with E-state index in [4.69, 9.17) is 0 Å². The molecule has 0 aromatic rings. The minimum absolute atomic E-state index is 0.808. The third-order valence-corrected chi connectivity index (χ3v) is 1.53. The number of carbonyl (C=O) groups excluding carboxylic acids is 1. The molecule has 0 amide bonds. The largest absolute Gasteiger partial charge is 0.375 e. The Hall–Kier alpha value is -0.830. The summed E-state index contributed by atoms with van der Waals surface area (Å²) in [4.78, 5) is 12.0. The molecule has 1 fully saturated rings. The predicted molar refractivity (Wildman–Crippen MR) is 39.6 cm³/mol. The van der Waals surface area contributed by atoms with Crippen LogP contribution >= 0.6 is 0 Å². The van der Waals surface area contributed by atoms with Crippen LogP contribution in [0.2, 0.25) is 0 Å². The number of aldehydes is 1. The zero-order valence-corrected chi connectivity index (χ0v) is 5.92. The molecule has 1 aliphatic heterocycles. The Kier molecular flexibility index (Phi) is 2.96. The number of nitrogens with one attached hydrogen (secondary N) is 1. The molecule has 0 spiro atoms. The van der Waals surface area contributed by atoms with E-state index in [1.165, 1.54) is 6.08 Å². The Labute approximate surface area is 60.7 Å². The third kappa shape index (κ3) is 2.19. The number of hydrogen-bond acceptors (Lipinski definition) is 3. The Morgan fingerprint density at radius 2 is 2.00 bits per heavy atom. The predicted octanol–water partition coefficient (Wildman–Crippen LogP) is -0.396. The van der Waals surface area contributed by atoms with Gasteiger partial charge in [-0.15, -0.1) is 0 Å². The average molecular weight is 140 g/mol. The molecule has 0 atom stereocenters. The molecule has 0 aromatic heterocycles. The molecule has 0 aliphatic carbocycles. The van der Waals surface area contributed by atoms with Crippen molar-refractivity contribution in [3.05, 3.63) is 12.3 Å². The zero-order valence-electron chi connectivity index (χ0n) is 5.92. The molecule has 1 aliphatic rings. The first-order chi connectivity index (χ1) is 4.93. The summed E-state index contributed by atoms with van der Waals surface area (Å²) in [6, 6.07) is 0. The van der Waals surface area contributed by atoms with Gasteiger partial charge in [0, 0.05) is 32.4 Å². The highest BCUT2D eigenvalue weighted by atomic mass is 16.1. The van der Waals surface area contributed by atoms with Crippen molar-refractivity contribution in [1.29, 1.82) is 0 Å². The molecule has 0 bridgehead atoms. The topological polar surface area (TPSA) is 32.3 Å². The maximum atomic E-state index is 9.92. The Bertz CT molecular complexity index is 128. The summed E-state index contributed by atoms with van der Waals surface area (Å²) in [7, 11) is 0. The van der Waals surface area contributed by atoms with Crippen LogP contribution in [0.25, 0.3) is 0 Å². The van der Waals surface area contributed by atoms with E-state index in [0.717, 1.165) is 32.5 Å². The Morgan fingerprint density at radius 3 is 2.60 bits per heavy atom. The van der Waals surface area contributed by atoms with Gasteiger partial charge in [0.1, 0.15) is 6.29 Å². The van der Waals surface area contributed by atoms with Crippen molar-refractivity contribution in [2.24, 2.45) is 0 Å². The van der Waals surface area contributed by atoms with Crippen molar-refractivity contribution in [3.8, 4) is 0 Å². The highest BCUT2D eigenvalue weighted by Gasteiger charge is 2.02. The maximum Gasteiger partial charge on any atom is 0.144 e. The van der Waals surface area contributed by atoms with Crippen LogP contribution in [-0.2, 0) is 4.79 Å². The van der Waals surface area contributed by atoms with Gasteiger partial charge in [-0.3, -0.25) is 4.79 Å². The van der Waals surface area contributed by atoms with Crippen molar-refractivity contribution >= 4 is 6.29 Å². The van der Waals surface area contributed by atoms with Crippen molar-refractivity contribution in [1.82, 2.24) is 10.2 Å². The molecule has 3 heteroatoms. The second-order valence-electron chi connectivity index (χ2n) is 2.26. The van der Waals surface area contributed by atoms with E-state index in [2.05, 4.69) is 10.2 Å². The molecule has 56 valence electrons. The summed E-state index contributed by atoms with van der Waals surface area (Å²) in [6.07, 6.45) is 4.18. The molecule has 10 heavy (non-hydrogen) atoms. The SMILES string of the molecule is O=CC=CN1CCNCC1. The van der Waals surface area contributed by atoms with E-state index >= 15 is 0 Å². The van der Waals surface area contributed by atoms with Crippen LogP contribution in [0.5, 0.6) is 0 Å². The quantitative estimate of drug-likeness (QED) is 0.418. The van der Waals surface area contributed by atoms with Gasteiger partial charge in [0.2, 0.25) is 0 Å². The van der Waals surface area contributed by atoms with Crippen molar-refractivity contribution < 1.29 is 4.79 Å². The van der Waals surface area contributed by atoms with Gasteiger partial charge < -0.3 is 10.2 Å².